The zero-order chi connectivity index (χ0) is 23.0. The van der Waals surface area contributed by atoms with Gasteiger partial charge < -0.3 is 24.5 Å². The maximum atomic E-state index is 13.3. The molecule has 0 saturated carbocycles. The van der Waals surface area contributed by atoms with Crippen LogP contribution in [0.25, 0.3) is 0 Å². The first-order valence-electron chi connectivity index (χ1n) is 9.64. The lowest BCUT2D eigenvalue weighted by molar-refractivity contribution is -0.389. The van der Waals surface area contributed by atoms with Gasteiger partial charge in [0.1, 0.15) is 11.8 Å². The summed E-state index contributed by atoms with van der Waals surface area (Å²) in [5.41, 5.74) is 0.650. The van der Waals surface area contributed by atoms with Crippen LogP contribution in [0.2, 0.25) is 0 Å². The number of nitrogens with zero attached hydrogens (tertiary/aromatic N) is 4. The minimum Gasteiger partial charge on any atom is -0.482 e. The maximum Gasteiger partial charge on any atom is 0.366 e. The molecule has 4 rings (SSSR count). The molecule has 1 unspecified atom stereocenters. The third-order valence-corrected chi connectivity index (χ3v) is 5.12. The van der Waals surface area contributed by atoms with Gasteiger partial charge in [0, 0.05) is 18.2 Å². The van der Waals surface area contributed by atoms with Crippen molar-refractivity contribution in [3.05, 3.63) is 58.7 Å². The zero-order valence-corrected chi connectivity index (χ0v) is 17.0. The second-order valence-electron chi connectivity index (χ2n) is 7.11. The molecule has 11 nitrogen and oxygen atoms in total. The van der Waals surface area contributed by atoms with Crippen LogP contribution < -0.4 is 19.3 Å². The number of hydrogen-bond donors (Lipinski definition) is 0. The Labute approximate surface area is 182 Å². The molecule has 1 atom stereocenters. The Morgan fingerprint density at radius 1 is 1.22 bits per heavy atom. The van der Waals surface area contributed by atoms with Crippen molar-refractivity contribution in [2.75, 3.05) is 29.6 Å². The summed E-state index contributed by atoms with van der Waals surface area (Å²) in [5.74, 6) is -1.24. The van der Waals surface area contributed by atoms with E-state index in [0.29, 0.717) is 11.4 Å². The second-order valence-corrected chi connectivity index (χ2v) is 7.11. The number of aromatic nitrogens is 1. The SMILES string of the molecule is C=CCN1C(=O)COc2ccc(C(=O)C(C)N3C(=O)COc4ccc([N+](=O)[O-])nc43)cc21. The molecule has 2 aliphatic heterocycles. The predicted octanol–water partition coefficient (Wildman–Crippen LogP) is 1.90. The normalized spacial score (nSPS) is 15.8. The Kier molecular flexibility index (Phi) is 5.31. The number of fused-ring (bicyclic) bond motifs is 2. The van der Waals surface area contributed by atoms with Gasteiger partial charge in [-0.15, -0.1) is 6.58 Å². The summed E-state index contributed by atoms with van der Waals surface area (Å²) in [6.07, 6.45) is 1.56. The second kappa shape index (κ2) is 8.10. The van der Waals surface area contributed by atoms with Gasteiger partial charge >= 0.3 is 5.82 Å². The summed E-state index contributed by atoms with van der Waals surface area (Å²) < 4.78 is 10.7. The van der Waals surface area contributed by atoms with E-state index in [1.54, 1.807) is 12.1 Å². The van der Waals surface area contributed by atoms with Crippen LogP contribution in [0.5, 0.6) is 11.5 Å². The van der Waals surface area contributed by atoms with E-state index < -0.39 is 28.5 Å². The van der Waals surface area contributed by atoms with E-state index >= 15 is 0 Å². The number of ether oxygens (including phenoxy) is 2. The fourth-order valence-corrected chi connectivity index (χ4v) is 3.58. The number of ketones is 1. The van der Waals surface area contributed by atoms with Crippen molar-refractivity contribution in [1.29, 1.82) is 0 Å². The Balaban J connectivity index is 1.70. The molecule has 0 bridgehead atoms. The van der Waals surface area contributed by atoms with E-state index in [1.165, 1.54) is 30.0 Å². The van der Waals surface area contributed by atoms with Gasteiger partial charge in [-0.05, 0) is 41.1 Å². The quantitative estimate of drug-likeness (QED) is 0.289. The lowest BCUT2D eigenvalue weighted by Crippen LogP contribution is -2.48. The Bertz CT molecular complexity index is 1160. The van der Waals surface area contributed by atoms with Crippen LogP contribution >= 0.6 is 0 Å². The van der Waals surface area contributed by atoms with Crippen LogP contribution in [0.1, 0.15) is 17.3 Å². The molecule has 11 heteroatoms. The topological polar surface area (TPSA) is 132 Å². The molecule has 0 spiro atoms. The van der Waals surface area contributed by atoms with E-state index in [-0.39, 0.29) is 42.8 Å². The van der Waals surface area contributed by atoms with Gasteiger partial charge in [0.05, 0.1) is 5.69 Å². The van der Waals surface area contributed by atoms with Crippen LogP contribution in [0, 0.1) is 10.1 Å². The molecule has 164 valence electrons. The number of anilines is 2. The van der Waals surface area contributed by atoms with Crippen molar-refractivity contribution in [2.45, 2.75) is 13.0 Å². The monoisotopic (exact) mass is 438 g/mol. The lowest BCUT2D eigenvalue weighted by atomic mass is 10.0. The van der Waals surface area contributed by atoms with E-state index in [2.05, 4.69) is 11.6 Å². The van der Waals surface area contributed by atoms with Crippen molar-refractivity contribution < 1.29 is 28.8 Å². The van der Waals surface area contributed by atoms with Crippen molar-refractivity contribution in [1.82, 2.24) is 4.98 Å². The number of carbonyl (C=O) groups excluding carboxylic acids is 3. The van der Waals surface area contributed by atoms with E-state index in [9.17, 15) is 24.5 Å². The Morgan fingerprint density at radius 2 is 1.91 bits per heavy atom. The molecule has 2 aromatic rings. The van der Waals surface area contributed by atoms with Crippen molar-refractivity contribution in [2.24, 2.45) is 0 Å². The van der Waals surface area contributed by atoms with Crippen LogP contribution in [0.4, 0.5) is 17.3 Å². The molecule has 3 heterocycles. The standard InChI is InChI=1S/C21H18N4O7/c1-3-8-23-14-9-13(4-5-15(14)31-10-18(23)26)20(28)12(2)24-19(27)11-32-16-6-7-17(25(29)30)22-21(16)24/h3-7,9,12H,1,8,10-11H2,2H3. The third kappa shape index (κ3) is 3.53. The van der Waals surface area contributed by atoms with Gasteiger partial charge in [0.15, 0.2) is 24.7 Å². The molecular weight excluding hydrogens is 420 g/mol. The minimum absolute atomic E-state index is 0.0962. The Morgan fingerprint density at radius 3 is 2.62 bits per heavy atom. The molecule has 0 radical (unpaired) electrons. The Hall–Kier alpha value is -4.28. The van der Waals surface area contributed by atoms with Crippen molar-refractivity contribution in [3.63, 3.8) is 0 Å². The molecule has 2 aliphatic rings. The van der Waals surface area contributed by atoms with Gasteiger partial charge in [0.25, 0.3) is 17.6 Å². The van der Waals surface area contributed by atoms with Crippen molar-refractivity contribution >= 4 is 34.9 Å². The number of nitro groups is 1. The number of pyridine rings is 1. The highest BCUT2D eigenvalue weighted by atomic mass is 16.6. The van der Waals surface area contributed by atoms with Crippen LogP contribution in [0.15, 0.2) is 43.0 Å². The lowest BCUT2D eigenvalue weighted by Gasteiger charge is -2.31. The molecule has 0 N–H and O–H groups in total. The smallest absolute Gasteiger partial charge is 0.366 e. The van der Waals surface area contributed by atoms with Crippen molar-refractivity contribution in [3.8, 4) is 11.5 Å². The predicted molar refractivity (Wildman–Crippen MR) is 112 cm³/mol. The molecule has 2 amide bonds. The number of carbonyl (C=O) groups is 3. The number of amides is 2. The highest BCUT2D eigenvalue weighted by Crippen LogP contribution is 2.36. The number of hydrogen-bond acceptors (Lipinski definition) is 8. The highest BCUT2D eigenvalue weighted by molar-refractivity contribution is 6.10. The summed E-state index contributed by atoms with van der Waals surface area (Å²) in [6, 6.07) is 6.09. The first kappa shape index (κ1) is 21.0. The minimum atomic E-state index is -1.04. The average Bonchev–Trinajstić information content (AvgIpc) is 2.79. The number of benzene rings is 1. The third-order valence-electron chi connectivity index (χ3n) is 5.12. The van der Waals surface area contributed by atoms with Crippen LogP contribution in [-0.2, 0) is 9.59 Å². The number of rotatable bonds is 6. The summed E-state index contributed by atoms with van der Waals surface area (Å²) in [4.78, 5) is 55.0. The van der Waals surface area contributed by atoms with Gasteiger partial charge in [-0.3, -0.25) is 19.3 Å². The largest absolute Gasteiger partial charge is 0.482 e. The molecule has 0 aliphatic carbocycles. The summed E-state index contributed by atoms with van der Waals surface area (Å²) >= 11 is 0. The van der Waals surface area contributed by atoms with E-state index in [1.807, 2.05) is 0 Å². The summed E-state index contributed by atoms with van der Waals surface area (Å²) in [7, 11) is 0. The van der Waals surface area contributed by atoms with Gasteiger partial charge in [0.2, 0.25) is 0 Å². The van der Waals surface area contributed by atoms with Crippen LogP contribution in [0.3, 0.4) is 0 Å². The van der Waals surface area contributed by atoms with Gasteiger partial charge in [-0.25, -0.2) is 0 Å². The molecule has 32 heavy (non-hydrogen) atoms. The molecule has 1 aromatic carbocycles. The van der Waals surface area contributed by atoms with E-state index in [4.69, 9.17) is 9.47 Å². The van der Waals surface area contributed by atoms with Crippen LogP contribution in [-0.4, -0.2) is 53.3 Å². The first-order chi connectivity index (χ1) is 15.3. The molecule has 0 saturated heterocycles. The average molecular weight is 438 g/mol. The summed E-state index contributed by atoms with van der Waals surface area (Å²) in [5, 5.41) is 11.1. The molecule has 0 fully saturated rings. The highest BCUT2D eigenvalue weighted by Gasteiger charge is 2.38. The zero-order valence-electron chi connectivity index (χ0n) is 17.0. The van der Waals surface area contributed by atoms with Gasteiger partial charge in [-0.2, -0.15) is 0 Å². The molecule has 1 aromatic heterocycles. The first-order valence-corrected chi connectivity index (χ1v) is 9.64. The number of Topliss-reactive ketones (excluding diaryl/α,β-unsaturated/α-hetero) is 1. The fourth-order valence-electron chi connectivity index (χ4n) is 3.58. The summed E-state index contributed by atoms with van der Waals surface area (Å²) in [6.45, 7) is 4.94. The van der Waals surface area contributed by atoms with Gasteiger partial charge in [-0.1, -0.05) is 6.08 Å². The van der Waals surface area contributed by atoms with E-state index in [0.717, 1.165) is 11.0 Å². The fraction of sp³-hybridized carbons (Fsp3) is 0.238. The maximum absolute atomic E-state index is 13.3. The molecular formula is C21H18N4O7.